The molecule has 2 amide bonds. The van der Waals surface area contributed by atoms with Crippen LogP contribution in [0.4, 0.5) is 0 Å². The number of hydrogen-bond acceptors (Lipinski definition) is 5. The van der Waals surface area contributed by atoms with Crippen LogP contribution < -0.4 is 15.6 Å². The van der Waals surface area contributed by atoms with Crippen molar-refractivity contribution in [1.29, 1.82) is 0 Å². The molecule has 0 aliphatic carbocycles. The first-order chi connectivity index (χ1) is 12.8. The number of carbonyl (C=O) groups is 3. The molecular weight excluding hydrogens is 364 g/mol. The first kappa shape index (κ1) is 20.6. The Morgan fingerprint density at radius 1 is 0.963 bits per heavy atom. The van der Waals surface area contributed by atoms with Crippen LogP contribution in [0.5, 0.6) is 5.75 Å². The molecule has 0 atom stereocenters. The Bertz CT molecular complexity index is 858. The summed E-state index contributed by atoms with van der Waals surface area (Å²) in [6.45, 7) is 7.45. The predicted molar refractivity (Wildman–Crippen MR) is 105 cm³/mol. The number of nitrogens with one attached hydrogen (secondary N) is 2. The molecule has 27 heavy (non-hydrogen) atoms. The van der Waals surface area contributed by atoms with E-state index in [9.17, 15) is 14.4 Å². The van der Waals surface area contributed by atoms with E-state index in [1.807, 2.05) is 52.0 Å². The monoisotopic (exact) mass is 388 g/mol. The largest absolute Gasteiger partial charge is 0.483 e. The van der Waals surface area contributed by atoms with Crippen LogP contribution in [0, 0.1) is 27.7 Å². The highest BCUT2D eigenvalue weighted by atomic mass is 32.1. The summed E-state index contributed by atoms with van der Waals surface area (Å²) in [6.07, 6.45) is 0.100. The minimum atomic E-state index is -0.472. The van der Waals surface area contributed by atoms with Crippen molar-refractivity contribution < 1.29 is 19.1 Å². The van der Waals surface area contributed by atoms with Gasteiger partial charge in [-0.1, -0.05) is 12.1 Å². The van der Waals surface area contributed by atoms with E-state index in [0.29, 0.717) is 11.3 Å². The lowest BCUT2D eigenvalue weighted by molar-refractivity contribution is -0.130. The number of carbonyl (C=O) groups excluding carboxylic acids is 3. The molecule has 144 valence electrons. The van der Waals surface area contributed by atoms with Crippen molar-refractivity contribution in [2.45, 2.75) is 40.5 Å². The van der Waals surface area contributed by atoms with Gasteiger partial charge in [-0.3, -0.25) is 25.2 Å². The fourth-order valence-corrected chi connectivity index (χ4v) is 3.46. The quantitative estimate of drug-likeness (QED) is 0.564. The summed E-state index contributed by atoms with van der Waals surface area (Å²) in [6, 6.07) is 7.56. The van der Waals surface area contributed by atoms with Gasteiger partial charge in [-0.05, 0) is 51.0 Å². The zero-order valence-electron chi connectivity index (χ0n) is 16.0. The van der Waals surface area contributed by atoms with Crippen molar-refractivity contribution in [1.82, 2.24) is 10.9 Å². The number of Topliss-reactive ketones (excluding diaryl/α,β-unsaturated/α-hetero) is 1. The fraction of sp³-hybridized carbons (Fsp3) is 0.350. The molecule has 0 unspecified atom stereocenters. The van der Waals surface area contributed by atoms with Crippen LogP contribution in [0.15, 0.2) is 24.3 Å². The van der Waals surface area contributed by atoms with Crippen LogP contribution in [0.25, 0.3) is 0 Å². The van der Waals surface area contributed by atoms with Gasteiger partial charge in [0.15, 0.2) is 12.4 Å². The topological polar surface area (TPSA) is 84.5 Å². The minimum Gasteiger partial charge on any atom is -0.483 e. The number of ether oxygens (including phenoxy) is 1. The third kappa shape index (κ3) is 6.21. The molecule has 0 saturated heterocycles. The fourth-order valence-electron chi connectivity index (χ4n) is 2.51. The Balaban J connectivity index is 1.71. The van der Waals surface area contributed by atoms with Gasteiger partial charge in [0.2, 0.25) is 5.91 Å². The Morgan fingerprint density at radius 2 is 1.67 bits per heavy atom. The SMILES string of the molecule is Cc1ccc(C)c(OCC(=O)NNC(=O)CCC(=O)c2cc(C)sc2C)c1. The first-order valence-corrected chi connectivity index (χ1v) is 9.46. The van der Waals surface area contributed by atoms with E-state index in [-0.39, 0.29) is 25.2 Å². The van der Waals surface area contributed by atoms with Gasteiger partial charge in [0.25, 0.3) is 5.91 Å². The summed E-state index contributed by atoms with van der Waals surface area (Å²) in [5.74, 6) is -0.340. The maximum Gasteiger partial charge on any atom is 0.276 e. The normalized spacial score (nSPS) is 10.4. The molecule has 1 heterocycles. The highest BCUT2D eigenvalue weighted by Crippen LogP contribution is 2.22. The van der Waals surface area contributed by atoms with E-state index in [1.165, 1.54) is 0 Å². The molecule has 0 bridgehead atoms. The van der Waals surface area contributed by atoms with Crippen molar-refractivity contribution >= 4 is 28.9 Å². The number of amides is 2. The molecule has 2 N–H and O–H groups in total. The predicted octanol–water partition coefficient (Wildman–Crippen LogP) is 3.17. The molecule has 2 aromatic rings. The molecule has 6 nitrogen and oxygen atoms in total. The van der Waals surface area contributed by atoms with Gasteiger partial charge in [0.1, 0.15) is 5.75 Å². The van der Waals surface area contributed by atoms with Gasteiger partial charge in [-0.2, -0.15) is 0 Å². The van der Waals surface area contributed by atoms with Crippen molar-refractivity contribution in [2.75, 3.05) is 6.61 Å². The lowest BCUT2D eigenvalue weighted by Crippen LogP contribution is -2.43. The molecule has 1 aromatic carbocycles. The summed E-state index contributed by atoms with van der Waals surface area (Å²) in [7, 11) is 0. The summed E-state index contributed by atoms with van der Waals surface area (Å²) >= 11 is 1.56. The third-order valence-electron chi connectivity index (χ3n) is 3.96. The molecule has 2 rings (SSSR count). The van der Waals surface area contributed by atoms with Crippen LogP contribution in [0.1, 0.15) is 44.1 Å². The molecule has 0 fully saturated rings. The van der Waals surface area contributed by atoms with Gasteiger partial charge in [0.05, 0.1) is 0 Å². The Morgan fingerprint density at radius 3 is 2.33 bits per heavy atom. The molecule has 7 heteroatoms. The maximum atomic E-state index is 12.2. The van der Waals surface area contributed by atoms with Crippen LogP contribution in [-0.2, 0) is 9.59 Å². The molecule has 0 aliphatic rings. The van der Waals surface area contributed by atoms with E-state index < -0.39 is 11.8 Å². The summed E-state index contributed by atoms with van der Waals surface area (Å²) in [4.78, 5) is 37.8. The van der Waals surface area contributed by atoms with E-state index in [2.05, 4.69) is 10.9 Å². The number of ketones is 1. The number of hydrazine groups is 1. The smallest absolute Gasteiger partial charge is 0.276 e. The van der Waals surface area contributed by atoms with Crippen molar-refractivity contribution in [3.8, 4) is 5.75 Å². The van der Waals surface area contributed by atoms with Crippen LogP contribution >= 0.6 is 11.3 Å². The second-order valence-electron chi connectivity index (χ2n) is 6.40. The highest BCUT2D eigenvalue weighted by Gasteiger charge is 2.14. The zero-order chi connectivity index (χ0) is 20.0. The maximum absolute atomic E-state index is 12.2. The van der Waals surface area contributed by atoms with Crippen molar-refractivity contribution in [2.24, 2.45) is 0 Å². The van der Waals surface area contributed by atoms with E-state index >= 15 is 0 Å². The Labute approximate surface area is 162 Å². The van der Waals surface area contributed by atoms with E-state index in [1.54, 1.807) is 11.3 Å². The van der Waals surface area contributed by atoms with E-state index in [0.717, 1.165) is 20.9 Å². The standard InChI is InChI=1S/C20H24N2O4S/c1-12-5-6-13(2)18(9-12)26-11-20(25)22-21-19(24)8-7-17(23)16-10-14(3)27-15(16)4/h5-6,9-10H,7-8,11H2,1-4H3,(H,21,24)(H,22,25). The van der Waals surface area contributed by atoms with Gasteiger partial charge >= 0.3 is 0 Å². The minimum absolute atomic E-state index is 0.00525. The van der Waals surface area contributed by atoms with Crippen LogP contribution in [-0.4, -0.2) is 24.2 Å². The summed E-state index contributed by atoms with van der Waals surface area (Å²) in [5.41, 5.74) is 7.22. The second-order valence-corrected chi connectivity index (χ2v) is 7.86. The van der Waals surface area contributed by atoms with Crippen molar-refractivity contribution in [3.63, 3.8) is 0 Å². The van der Waals surface area contributed by atoms with Gasteiger partial charge < -0.3 is 4.74 Å². The molecule has 0 spiro atoms. The summed E-state index contributed by atoms with van der Waals surface area (Å²) < 4.78 is 5.47. The molecular formula is C20H24N2O4S. The van der Waals surface area contributed by atoms with Crippen LogP contribution in [0.2, 0.25) is 0 Å². The zero-order valence-corrected chi connectivity index (χ0v) is 16.8. The Kier molecular flexibility index (Phi) is 7.12. The molecule has 0 saturated carbocycles. The Hall–Kier alpha value is -2.67. The third-order valence-corrected chi connectivity index (χ3v) is 4.93. The number of benzene rings is 1. The number of hydrogen-bond donors (Lipinski definition) is 2. The molecule has 0 aliphatic heterocycles. The first-order valence-electron chi connectivity index (χ1n) is 8.64. The lowest BCUT2D eigenvalue weighted by Gasteiger charge is -2.11. The van der Waals surface area contributed by atoms with Crippen molar-refractivity contribution in [3.05, 3.63) is 50.7 Å². The van der Waals surface area contributed by atoms with Crippen LogP contribution in [0.3, 0.4) is 0 Å². The number of aryl methyl sites for hydroxylation is 4. The average molecular weight is 388 g/mol. The highest BCUT2D eigenvalue weighted by molar-refractivity contribution is 7.12. The average Bonchev–Trinajstić information content (AvgIpc) is 2.96. The van der Waals surface area contributed by atoms with E-state index in [4.69, 9.17) is 4.74 Å². The summed E-state index contributed by atoms with van der Waals surface area (Å²) in [5, 5.41) is 0. The number of thiophene rings is 1. The second kappa shape index (κ2) is 9.32. The molecule has 1 aromatic heterocycles. The van der Waals surface area contributed by atoms with Gasteiger partial charge in [-0.15, -0.1) is 11.3 Å². The van der Waals surface area contributed by atoms with Gasteiger partial charge in [-0.25, -0.2) is 0 Å². The molecule has 0 radical (unpaired) electrons. The number of rotatable bonds is 7. The van der Waals surface area contributed by atoms with Gasteiger partial charge in [0, 0.05) is 28.2 Å². The lowest BCUT2D eigenvalue weighted by atomic mass is 10.1.